The van der Waals surface area contributed by atoms with Crippen LogP contribution in [0, 0.1) is 0 Å². The minimum absolute atomic E-state index is 0.0622. The maximum atomic E-state index is 6.40. The van der Waals surface area contributed by atoms with Gasteiger partial charge in [0.2, 0.25) is 0 Å². The van der Waals surface area contributed by atoms with Crippen molar-refractivity contribution in [1.29, 1.82) is 0 Å². The van der Waals surface area contributed by atoms with Gasteiger partial charge in [-0.25, -0.2) is 0 Å². The molecule has 0 radical (unpaired) electrons. The lowest BCUT2D eigenvalue weighted by Gasteiger charge is -2.35. The highest BCUT2D eigenvalue weighted by atomic mass is 16.5. The summed E-state index contributed by atoms with van der Waals surface area (Å²) in [5.74, 6) is 0. The van der Waals surface area contributed by atoms with Gasteiger partial charge in [0.15, 0.2) is 0 Å². The number of ether oxygens (including phenoxy) is 2. The highest BCUT2D eigenvalue weighted by Crippen LogP contribution is 2.31. The van der Waals surface area contributed by atoms with Gasteiger partial charge in [-0.05, 0) is 25.7 Å². The molecule has 0 aromatic carbocycles. The molecule has 3 nitrogen and oxygen atoms in total. The molecule has 0 bridgehead atoms. The molecule has 0 aromatic heterocycles. The van der Waals surface area contributed by atoms with Crippen molar-refractivity contribution in [2.24, 2.45) is 0 Å². The maximum Gasteiger partial charge on any atom is 0.0809 e. The number of rotatable bonds is 6. The minimum Gasteiger partial charge on any atom is -0.376 e. The molecule has 0 aromatic rings. The van der Waals surface area contributed by atoms with Crippen LogP contribution in [0.2, 0.25) is 0 Å². The SMILES string of the molecule is CC(C)NCC1(OCC2CCCO2)CCCCCC1. The summed E-state index contributed by atoms with van der Waals surface area (Å²) in [6, 6.07) is 0.534. The van der Waals surface area contributed by atoms with E-state index in [4.69, 9.17) is 9.47 Å². The van der Waals surface area contributed by atoms with Crippen molar-refractivity contribution in [3.05, 3.63) is 0 Å². The Hall–Kier alpha value is -0.120. The van der Waals surface area contributed by atoms with Crippen LogP contribution in [-0.2, 0) is 9.47 Å². The quantitative estimate of drug-likeness (QED) is 0.751. The molecule has 1 aliphatic heterocycles. The van der Waals surface area contributed by atoms with Crippen molar-refractivity contribution >= 4 is 0 Å². The highest BCUT2D eigenvalue weighted by Gasteiger charge is 2.33. The topological polar surface area (TPSA) is 30.5 Å². The molecule has 1 unspecified atom stereocenters. The Bertz CT molecular complexity index is 241. The Morgan fingerprint density at radius 2 is 1.89 bits per heavy atom. The fourth-order valence-electron chi connectivity index (χ4n) is 3.18. The van der Waals surface area contributed by atoms with Crippen LogP contribution in [0.15, 0.2) is 0 Å². The average Bonchev–Trinajstić information content (AvgIpc) is 2.80. The zero-order valence-electron chi connectivity index (χ0n) is 12.7. The molecule has 2 rings (SSSR count). The summed E-state index contributed by atoms with van der Waals surface area (Å²) in [5, 5.41) is 3.59. The first-order chi connectivity index (χ1) is 9.20. The van der Waals surface area contributed by atoms with Gasteiger partial charge in [0.1, 0.15) is 0 Å². The van der Waals surface area contributed by atoms with Gasteiger partial charge < -0.3 is 14.8 Å². The molecule has 0 amide bonds. The lowest BCUT2D eigenvalue weighted by molar-refractivity contribution is -0.0912. The summed E-state index contributed by atoms with van der Waals surface area (Å²) in [4.78, 5) is 0. The van der Waals surface area contributed by atoms with Crippen LogP contribution < -0.4 is 5.32 Å². The Balaban J connectivity index is 1.87. The van der Waals surface area contributed by atoms with Crippen LogP contribution in [0.4, 0.5) is 0 Å². The predicted octanol–water partition coefficient (Wildman–Crippen LogP) is 3.27. The van der Waals surface area contributed by atoms with Gasteiger partial charge in [-0.15, -0.1) is 0 Å². The van der Waals surface area contributed by atoms with Crippen molar-refractivity contribution in [2.75, 3.05) is 19.8 Å². The van der Waals surface area contributed by atoms with E-state index in [0.717, 1.165) is 19.8 Å². The number of hydrogen-bond acceptors (Lipinski definition) is 3. The molecular formula is C16H31NO2. The summed E-state index contributed by atoms with van der Waals surface area (Å²) >= 11 is 0. The first kappa shape index (κ1) is 15.3. The van der Waals surface area contributed by atoms with Crippen molar-refractivity contribution in [3.63, 3.8) is 0 Å². The van der Waals surface area contributed by atoms with Gasteiger partial charge in [0.25, 0.3) is 0 Å². The van der Waals surface area contributed by atoms with Crippen molar-refractivity contribution in [1.82, 2.24) is 5.32 Å². The van der Waals surface area contributed by atoms with Crippen molar-refractivity contribution < 1.29 is 9.47 Å². The van der Waals surface area contributed by atoms with Gasteiger partial charge in [-0.2, -0.15) is 0 Å². The summed E-state index contributed by atoms with van der Waals surface area (Å²) in [6.07, 6.45) is 10.5. The molecule has 1 N–H and O–H groups in total. The first-order valence-electron chi connectivity index (χ1n) is 8.19. The van der Waals surface area contributed by atoms with E-state index < -0.39 is 0 Å². The molecule has 0 spiro atoms. The first-order valence-corrected chi connectivity index (χ1v) is 8.19. The van der Waals surface area contributed by atoms with Crippen LogP contribution in [0.3, 0.4) is 0 Å². The van der Waals surface area contributed by atoms with Crippen LogP contribution >= 0.6 is 0 Å². The largest absolute Gasteiger partial charge is 0.376 e. The number of hydrogen-bond donors (Lipinski definition) is 1. The van der Waals surface area contributed by atoms with Crippen LogP contribution in [0.5, 0.6) is 0 Å². The Labute approximate surface area is 118 Å². The molecule has 19 heavy (non-hydrogen) atoms. The van der Waals surface area contributed by atoms with Gasteiger partial charge in [-0.1, -0.05) is 39.5 Å². The zero-order valence-corrected chi connectivity index (χ0v) is 12.7. The second-order valence-corrected chi connectivity index (χ2v) is 6.58. The van der Waals surface area contributed by atoms with E-state index in [9.17, 15) is 0 Å². The summed E-state index contributed by atoms with van der Waals surface area (Å²) in [7, 11) is 0. The molecule has 1 saturated heterocycles. The van der Waals surface area contributed by atoms with E-state index in [-0.39, 0.29) is 5.60 Å². The molecule has 1 atom stereocenters. The van der Waals surface area contributed by atoms with Gasteiger partial charge in [-0.3, -0.25) is 0 Å². The fourth-order valence-corrected chi connectivity index (χ4v) is 3.18. The average molecular weight is 269 g/mol. The zero-order chi connectivity index (χ0) is 13.6. The third-order valence-corrected chi connectivity index (χ3v) is 4.45. The van der Waals surface area contributed by atoms with E-state index in [0.29, 0.717) is 12.1 Å². The van der Waals surface area contributed by atoms with Gasteiger partial charge in [0, 0.05) is 19.2 Å². The highest BCUT2D eigenvalue weighted by molar-refractivity contribution is 4.87. The lowest BCUT2D eigenvalue weighted by Crippen LogP contribution is -2.46. The Morgan fingerprint density at radius 1 is 1.16 bits per heavy atom. The van der Waals surface area contributed by atoms with Crippen molar-refractivity contribution in [2.45, 2.75) is 83.0 Å². The van der Waals surface area contributed by atoms with E-state index in [1.54, 1.807) is 0 Å². The van der Waals surface area contributed by atoms with E-state index >= 15 is 0 Å². The van der Waals surface area contributed by atoms with Gasteiger partial charge >= 0.3 is 0 Å². The fraction of sp³-hybridized carbons (Fsp3) is 1.00. The van der Waals surface area contributed by atoms with Crippen LogP contribution in [-0.4, -0.2) is 37.5 Å². The normalized spacial score (nSPS) is 27.6. The smallest absolute Gasteiger partial charge is 0.0809 e. The monoisotopic (exact) mass is 269 g/mol. The summed E-state index contributed by atoms with van der Waals surface area (Å²) in [6.45, 7) is 7.14. The predicted molar refractivity (Wildman–Crippen MR) is 78.5 cm³/mol. The Morgan fingerprint density at radius 3 is 2.47 bits per heavy atom. The third kappa shape index (κ3) is 5.05. The van der Waals surface area contributed by atoms with Gasteiger partial charge in [0.05, 0.1) is 18.3 Å². The molecule has 2 fully saturated rings. The molecule has 2 aliphatic rings. The van der Waals surface area contributed by atoms with E-state index in [1.165, 1.54) is 51.4 Å². The second-order valence-electron chi connectivity index (χ2n) is 6.58. The molecule has 112 valence electrons. The lowest BCUT2D eigenvalue weighted by atomic mass is 9.93. The molecule has 1 saturated carbocycles. The number of nitrogens with one attached hydrogen (secondary N) is 1. The maximum absolute atomic E-state index is 6.40. The molecular weight excluding hydrogens is 238 g/mol. The molecule has 1 heterocycles. The summed E-state index contributed by atoms with van der Waals surface area (Å²) < 4.78 is 12.1. The Kier molecular flexibility index (Phi) is 6.11. The minimum atomic E-state index is 0.0622. The second kappa shape index (κ2) is 7.61. The van der Waals surface area contributed by atoms with Crippen molar-refractivity contribution in [3.8, 4) is 0 Å². The standard InChI is InChI=1S/C16H31NO2/c1-14(2)17-13-16(9-5-3-4-6-10-16)19-12-15-8-7-11-18-15/h14-15,17H,3-13H2,1-2H3. The molecule has 1 aliphatic carbocycles. The van der Waals surface area contributed by atoms with E-state index in [2.05, 4.69) is 19.2 Å². The van der Waals surface area contributed by atoms with Crippen LogP contribution in [0.25, 0.3) is 0 Å². The summed E-state index contributed by atoms with van der Waals surface area (Å²) in [5.41, 5.74) is 0.0622. The third-order valence-electron chi connectivity index (χ3n) is 4.45. The van der Waals surface area contributed by atoms with Crippen LogP contribution in [0.1, 0.15) is 65.2 Å². The van der Waals surface area contributed by atoms with E-state index in [1.807, 2.05) is 0 Å². The molecule has 3 heteroatoms.